The summed E-state index contributed by atoms with van der Waals surface area (Å²) in [5.74, 6) is 1.54. The largest absolute Gasteiger partial charge is 0.654 e. The Bertz CT molecular complexity index is 679. The normalized spacial score (nSPS) is 24.1. The van der Waals surface area contributed by atoms with Crippen LogP contribution in [-0.2, 0) is 31.3 Å². The van der Waals surface area contributed by atoms with Crippen LogP contribution in [-0.4, -0.2) is 16.9 Å². The molecule has 0 amide bonds. The minimum absolute atomic E-state index is 0. The Morgan fingerprint density at radius 2 is 1.90 bits per heavy atom. The van der Waals surface area contributed by atoms with Gasteiger partial charge in [-0.3, -0.25) is 4.79 Å². The van der Waals surface area contributed by atoms with Crippen LogP contribution in [0.15, 0.2) is 24.0 Å². The van der Waals surface area contributed by atoms with Crippen molar-refractivity contribution in [3.8, 4) is 0 Å². The van der Waals surface area contributed by atoms with Crippen LogP contribution in [0.1, 0.15) is 89.0 Å². The van der Waals surface area contributed by atoms with Gasteiger partial charge in [-0.25, -0.2) is 0 Å². The van der Waals surface area contributed by atoms with E-state index in [0.717, 1.165) is 5.92 Å². The van der Waals surface area contributed by atoms with Gasteiger partial charge in [-0.15, -0.1) is 12.1 Å². The zero-order valence-electron chi connectivity index (χ0n) is 18.6. The van der Waals surface area contributed by atoms with Crippen molar-refractivity contribution in [2.24, 2.45) is 11.8 Å². The minimum atomic E-state index is -0.125. The zero-order chi connectivity index (χ0) is 20.7. The van der Waals surface area contributed by atoms with Crippen LogP contribution >= 0.6 is 0 Å². The number of aliphatic hydroxyl groups is 1. The van der Waals surface area contributed by atoms with Crippen LogP contribution in [0.25, 0.3) is 5.32 Å². The van der Waals surface area contributed by atoms with E-state index in [2.05, 4.69) is 39.0 Å². The Morgan fingerprint density at radius 1 is 1.21 bits per heavy atom. The fraction of sp³-hybridized carbons (Fsp3) is 0.640. The average Bonchev–Trinajstić information content (AvgIpc) is 2.59. The predicted octanol–water partition coefficient (Wildman–Crippen LogP) is 6.80. The van der Waals surface area contributed by atoms with Gasteiger partial charge in [0.2, 0.25) is 0 Å². The Morgan fingerprint density at radius 3 is 2.48 bits per heavy atom. The summed E-state index contributed by atoms with van der Waals surface area (Å²) in [4.78, 5) is 10.0. The molecule has 2 aliphatic rings. The van der Waals surface area contributed by atoms with Gasteiger partial charge in [-0.2, -0.15) is 34.9 Å². The molecule has 0 bridgehead atoms. The molecule has 1 saturated heterocycles. The van der Waals surface area contributed by atoms with Crippen LogP contribution in [0.3, 0.4) is 0 Å². The molecule has 3 nitrogen and oxygen atoms in total. The molecule has 3 unspecified atom stereocenters. The predicted molar refractivity (Wildman–Crippen MR) is 117 cm³/mol. The van der Waals surface area contributed by atoms with Gasteiger partial charge in [-0.05, 0) is 26.2 Å². The fourth-order valence-corrected chi connectivity index (χ4v) is 4.52. The van der Waals surface area contributed by atoms with Crippen molar-refractivity contribution in [3.05, 3.63) is 52.0 Å². The molecule has 3 atom stereocenters. The third kappa shape index (κ3) is 9.15. The van der Waals surface area contributed by atoms with Crippen LogP contribution < -0.4 is 0 Å². The molecule has 1 aromatic rings. The molecular weight excluding hydrogens is 538 g/mol. The second-order valence-corrected chi connectivity index (χ2v) is 8.98. The second kappa shape index (κ2) is 12.7. The number of rotatable bonds is 4. The SMILES string of the molecule is CC(=O)/C=C(/C)O.Cc1[c-]c(C2CCC3CCCCC3[N-]2)cc(CC(C)C)c1.[Ir]. The summed E-state index contributed by atoms with van der Waals surface area (Å²) >= 11 is 0. The molecule has 0 spiro atoms. The molecule has 165 valence electrons. The van der Waals surface area contributed by atoms with Crippen LogP contribution in [0.4, 0.5) is 0 Å². The van der Waals surface area contributed by atoms with Gasteiger partial charge in [0.1, 0.15) is 0 Å². The summed E-state index contributed by atoms with van der Waals surface area (Å²) in [7, 11) is 0. The van der Waals surface area contributed by atoms with E-state index >= 15 is 0 Å². The number of allylic oxidation sites excluding steroid dienone is 2. The van der Waals surface area contributed by atoms with Crippen LogP contribution in [0, 0.1) is 24.8 Å². The number of fused-ring (bicyclic) bond motifs is 1. The molecule has 2 fully saturated rings. The van der Waals surface area contributed by atoms with Crippen LogP contribution in [0.5, 0.6) is 0 Å². The molecule has 29 heavy (non-hydrogen) atoms. The maximum atomic E-state index is 10.0. The number of aliphatic hydroxyl groups excluding tert-OH is 1. The third-order valence-corrected chi connectivity index (χ3v) is 5.55. The fourth-order valence-electron chi connectivity index (χ4n) is 4.52. The summed E-state index contributed by atoms with van der Waals surface area (Å²) < 4.78 is 0. The first-order valence-corrected chi connectivity index (χ1v) is 10.8. The smallest absolute Gasteiger partial charge is 0.155 e. The molecule has 1 radical (unpaired) electrons. The molecule has 4 heteroatoms. The molecule has 1 aliphatic carbocycles. The number of carbonyl (C=O) groups excluding carboxylic acids is 1. The van der Waals surface area contributed by atoms with Crippen molar-refractivity contribution in [2.45, 2.75) is 91.6 Å². The summed E-state index contributed by atoms with van der Waals surface area (Å²) in [6, 6.07) is 9.32. The first-order chi connectivity index (χ1) is 13.2. The first kappa shape index (κ1) is 26.1. The summed E-state index contributed by atoms with van der Waals surface area (Å²) in [6.45, 7) is 9.62. The maximum absolute atomic E-state index is 10.0. The molecular formula is C25H37IrNO2-2. The van der Waals surface area contributed by atoms with E-state index in [1.54, 1.807) is 0 Å². The number of hydrogen-bond donors (Lipinski definition) is 1. The summed E-state index contributed by atoms with van der Waals surface area (Å²) in [5.41, 5.74) is 4.11. The number of benzene rings is 1. The molecule has 3 rings (SSSR count). The van der Waals surface area contributed by atoms with E-state index in [4.69, 9.17) is 10.4 Å². The van der Waals surface area contributed by atoms with Crippen molar-refractivity contribution < 1.29 is 30.0 Å². The standard InChI is InChI=1S/C20H29N.C5H8O2.Ir/c1-14(2)10-16-11-15(3)12-18(13-16)20-9-8-17-6-4-5-7-19(17)21-20;1-4(6)3-5(2)7;/h11,13-14,17,19-20H,4-10H2,1-3H3;3,6H,1-2H3;/q-2;;/b;4-3-;. The quantitative estimate of drug-likeness (QED) is 0.244. The number of carbonyl (C=O) groups is 1. The molecule has 1 aromatic carbocycles. The van der Waals surface area contributed by atoms with Gasteiger partial charge >= 0.3 is 0 Å². The van der Waals surface area contributed by atoms with Gasteiger partial charge in [0.15, 0.2) is 5.78 Å². The van der Waals surface area contributed by atoms with Gasteiger partial charge in [-0.1, -0.05) is 65.2 Å². The number of ketones is 1. The van der Waals surface area contributed by atoms with Crippen molar-refractivity contribution in [1.29, 1.82) is 0 Å². The van der Waals surface area contributed by atoms with Gasteiger partial charge in [0.05, 0.1) is 5.76 Å². The maximum Gasteiger partial charge on any atom is 0.155 e. The number of aryl methyl sites for hydroxylation is 1. The summed E-state index contributed by atoms with van der Waals surface area (Å²) in [6.07, 6.45) is 10.5. The minimum Gasteiger partial charge on any atom is -0.654 e. The monoisotopic (exact) mass is 576 g/mol. The Labute approximate surface area is 191 Å². The second-order valence-electron chi connectivity index (χ2n) is 8.98. The zero-order valence-corrected chi connectivity index (χ0v) is 21.0. The first-order valence-electron chi connectivity index (χ1n) is 10.8. The van der Waals surface area contributed by atoms with Crippen molar-refractivity contribution in [2.75, 3.05) is 0 Å². The number of nitrogens with zero attached hydrogens (tertiary/aromatic N) is 1. The van der Waals surface area contributed by atoms with E-state index in [1.807, 2.05) is 0 Å². The average molecular weight is 576 g/mol. The third-order valence-electron chi connectivity index (χ3n) is 5.55. The van der Waals surface area contributed by atoms with Gasteiger partial charge < -0.3 is 10.4 Å². The topological polar surface area (TPSA) is 51.4 Å². The van der Waals surface area contributed by atoms with Crippen molar-refractivity contribution >= 4 is 5.78 Å². The summed E-state index contributed by atoms with van der Waals surface area (Å²) in [5, 5.41) is 13.6. The molecule has 1 N–H and O–H groups in total. The molecule has 1 saturated carbocycles. The van der Waals surface area contributed by atoms with E-state index in [0.29, 0.717) is 18.0 Å². The van der Waals surface area contributed by atoms with E-state index in [1.165, 1.54) is 81.6 Å². The number of piperidine rings is 1. The Hall–Kier alpha value is -0.961. The van der Waals surface area contributed by atoms with E-state index < -0.39 is 0 Å². The van der Waals surface area contributed by atoms with Gasteiger partial charge in [0.25, 0.3) is 0 Å². The molecule has 1 aliphatic heterocycles. The number of hydrogen-bond acceptors (Lipinski definition) is 2. The Kier molecular flexibility index (Phi) is 11.4. The molecule has 1 heterocycles. The van der Waals surface area contributed by atoms with E-state index in [9.17, 15) is 4.79 Å². The van der Waals surface area contributed by atoms with Crippen LogP contribution in [0.2, 0.25) is 0 Å². The van der Waals surface area contributed by atoms with Crippen molar-refractivity contribution in [1.82, 2.24) is 0 Å². The van der Waals surface area contributed by atoms with Crippen molar-refractivity contribution in [3.63, 3.8) is 0 Å². The molecule has 0 aromatic heterocycles. The Balaban J connectivity index is 0.000000456. The van der Waals surface area contributed by atoms with E-state index in [-0.39, 0.29) is 31.6 Å². The van der Waals surface area contributed by atoms with Gasteiger partial charge in [0, 0.05) is 26.2 Å².